The van der Waals surface area contributed by atoms with Crippen LogP contribution in [0, 0.1) is 0 Å². The number of nitrogens with zero attached hydrogens (tertiary/aromatic N) is 3. The standard InChI is InChI=1S/C10H12N4O/c1-2-5-14-9(3-1)12-10(13-14)11-8-4-6-15-7-8/h1-3,5,8H,4,6-7H2,(H,11,13). The second-order valence-electron chi connectivity index (χ2n) is 3.64. The molecule has 1 N–H and O–H groups in total. The van der Waals surface area contributed by atoms with Crippen LogP contribution in [0.3, 0.4) is 0 Å². The van der Waals surface area contributed by atoms with Crippen molar-refractivity contribution in [1.29, 1.82) is 0 Å². The third-order valence-electron chi connectivity index (χ3n) is 2.50. The van der Waals surface area contributed by atoms with Gasteiger partial charge in [0.2, 0.25) is 5.95 Å². The Hall–Kier alpha value is -1.62. The number of fused-ring (bicyclic) bond motifs is 1. The first-order chi connectivity index (χ1) is 7.42. The molecule has 1 fully saturated rings. The fraction of sp³-hybridized carbons (Fsp3) is 0.400. The number of ether oxygens (including phenoxy) is 1. The quantitative estimate of drug-likeness (QED) is 0.790. The van der Waals surface area contributed by atoms with Gasteiger partial charge in [-0.3, -0.25) is 0 Å². The van der Waals surface area contributed by atoms with E-state index in [0.29, 0.717) is 12.0 Å². The smallest absolute Gasteiger partial charge is 0.243 e. The molecule has 0 radical (unpaired) electrons. The van der Waals surface area contributed by atoms with Crippen molar-refractivity contribution in [2.24, 2.45) is 0 Å². The van der Waals surface area contributed by atoms with Crippen LogP contribution in [-0.2, 0) is 4.74 Å². The predicted molar refractivity (Wildman–Crippen MR) is 55.8 cm³/mol. The Kier molecular flexibility index (Phi) is 2.03. The van der Waals surface area contributed by atoms with Gasteiger partial charge in [0.05, 0.1) is 12.6 Å². The van der Waals surface area contributed by atoms with Crippen molar-refractivity contribution < 1.29 is 4.74 Å². The highest BCUT2D eigenvalue weighted by molar-refractivity contribution is 5.43. The van der Waals surface area contributed by atoms with E-state index in [2.05, 4.69) is 15.4 Å². The number of nitrogens with one attached hydrogen (secondary N) is 1. The van der Waals surface area contributed by atoms with E-state index in [0.717, 1.165) is 25.3 Å². The van der Waals surface area contributed by atoms with Crippen LogP contribution in [0.5, 0.6) is 0 Å². The fourth-order valence-electron chi connectivity index (χ4n) is 1.72. The lowest BCUT2D eigenvalue weighted by molar-refractivity contribution is 0.195. The van der Waals surface area contributed by atoms with E-state index in [1.165, 1.54) is 0 Å². The number of rotatable bonds is 2. The molecular formula is C10H12N4O. The molecular weight excluding hydrogens is 192 g/mol. The van der Waals surface area contributed by atoms with Gasteiger partial charge in [0.15, 0.2) is 5.65 Å². The van der Waals surface area contributed by atoms with Crippen molar-refractivity contribution in [3.63, 3.8) is 0 Å². The maximum Gasteiger partial charge on any atom is 0.243 e. The number of hydrogen-bond donors (Lipinski definition) is 1. The van der Waals surface area contributed by atoms with E-state index in [1.54, 1.807) is 4.52 Å². The molecule has 0 saturated carbocycles. The summed E-state index contributed by atoms with van der Waals surface area (Å²) in [4.78, 5) is 4.36. The summed E-state index contributed by atoms with van der Waals surface area (Å²) in [7, 11) is 0. The minimum absolute atomic E-state index is 0.349. The Labute approximate surface area is 87.1 Å². The molecule has 0 amide bonds. The van der Waals surface area contributed by atoms with E-state index >= 15 is 0 Å². The molecule has 5 nitrogen and oxygen atoms in total. The first-order valence-electron chi connectivity index (χ1n) is 5.07. The number of anilines is 1. The molecule has 1 atom stereocenters. The van der Waals surface area contributed by atoms with Crippen molar-refractivity contribution in [3.05, 3.63) is 24.4 Å². The summed E-state index contributed by atoms with van der Waals surface area (Å²) < 4.78 is 7.04. The number of pyridine rings is 1. The Bertz CT molecular complexity index is 428. The number of hydrogen-bond acceptors (Lipinski definition) is 4. The highest BCUT2D eigenvalue weighted by Crippen LogP contribution is 2.11. The van der Waals surface area contributed by atoms with Gasteiger partial charge in [0.1, 0.15) is 0 Å². The molecule has 2 aromatic rings. The Morgan fingerprint density at radius 3 is 3.27 bits per heavy atom. The highest BCUT2D eigenvalue weighted by atomic mass is 16.5. The average molecular weight is 204 g/mol. The molecule has 0 bridgehead atoms. The minimum Gasteiger partial charge on any atom is -0.379 e. The van der Waals surface area contributed by atoms with Crippen molar-refractivity contribution in [2.45, 2.75) is 12.5 Å². The van der Waals surface area contributed by atoms with E-state index < -0.39 is 0 Å². The molecule has 5 heteroatoms. The average Bonchev–Trinajstić information content (AvgIpc) is 2.86. The second kappa shape index (κ2) is 3.51. The molecule has 78 valence electrons. The summed E-state index contributed by atoms with van der Waals surface area (Å²) in [6, 6.07) is 6.17. The Balaban J connectivity index is 1.84. The van der Waals surface area contributed by atoms with Crippen LogP contribution >= 0.6 is 0 Å². The zero-order valence-electron chi connectivity index (χ0n) is 8.26. The van der Waals surface area contributed by atoms with Gasteiger partial charge in [-0.1, -0.05) is 6.07 Å². The Morgan fingerprint density at radius 2 is 2.47 bits per heavy atom. The Morgan fingerprint density at radius 1 is 1.47 bits per heavy atom. The first kappa shape index (κ1) is 8.67. The van der Waals surface area contributed by atoms with Crippen LogP contribution in [-0.4, -0.2) is 33.9 Å². The van der Waals surface area contributed by atoms with Crippen LogP contribution in [0.2, 0.25) is 0 Å². The maximum absolute atomic E-state index is 5.28. The molecule has 1 saturated heterocycles. The van der Waals surface area contributed by atoms with Gasteiger partial charge < -0.3 is 10.1 Å². The van der Waals surface area contributed by atoms with E-state index in [4.69, 9.17) is 4.74 Å². The summed E-state index contributed by atoms with van der Waals surface area (Å²) in [5.41, 5.74) is 0.860. The summed E-state index contributed by atoms with van der Waals surface area (Å²) in [5.74, 6) is 0.678. The SMILES string of the molecule is c1ccn2nc(NC3CCOC3)nc2c1. The second-order valence-corrected chi connectivity index (χ2v) is 3.64. The third kappa shape index (κ3) is 1.66. The highest BCUT2D eigenvalue weighted by Gasteiger charge is 2.16. The molecule has 15 heavy (non-hydrogen) atoms. The van der Waals surface area contributed by atoms with Gasteiger partial charge >= 0.3 is 0 Å². The lowest BCUT2D eigenvalue weighted by Crippen LogP contribution is -2.19. The molecule has 3 rings (SSSR count). The van der Waals surface area contributed by atoms with Gasteiger partial charge in [0, 0.05) is 12.8 Å². The predicted octanol–water partition coefficient (Wildman–Crippen LogP) is 0.930. The summed E-state index contributed by atoms with van der Waals surface area (Å²) in [6.45, 7) is 1.57. The summed E-state index contributed by atoms with van der Waals surface area (Å²) >= 11 is 0. The zero-order valence-corrected chi connectivity index (χ0v) is 8.26. The summed E-state index contributed by atoms with van der Waals surface area (Å²) in [6.07, 6.45) is 2.91. The van der Waals surface area contributed by atoms with Crippen molar-refractivity contribution in [3.8, 4) is 0 Å². The maximum atomic E-state index is 5.28. The largest absolute Gasteiger partial charge is 0.379 e. The zero-order chi connectivity index (χ0) is 10.1. The van der Waals surface area contributed by atoms with Gasteiger partial charge in [-0.05, 0) is 18.6 Å². The molecule has 0 spiro atoms. The van der Waals surface area contributed by atoms with Crippen LogP contribution in [0.15, 0.2) is 24.4 Å². The molecule has 0 aromatic carbocycles. The van der Waals surface area contributed by atoms with Gasteiger partial charge in [-0.25, -0.2) is 4.52 Å². The first-order valence-corrected chi connectivity index (χ1v) is 5.07. The van der Waals surface area contributed by atoms with Crippen LogP contribution in [0.1, 0.15) is 6.42 Å². The molecule has 1 aliphatic heterocycles. The molecule has 3 heterocycles. The normalized spacial score (nSPS) is 20.9. The van der Waals surface area contributed by atoms with Crippen LogP contribution in [0.25, 0.3) is 5.65 Å². The number of aromatic nitrogens is 3. The lowest BCUT2D eigenvalue weighted by atomic mass is 10.3. The topological polar surface area (TPSA) is 51.5 Å². The van der Waals surface area contributed by atoms with E-state index in [-0.39, 0.29) is 0 Å². The molecule has 1 unspecified atom stereocenters. The molecule has 2 aromatic heterocycles. The van der Waals surface area contributed by atoms with E-state index in [9.17, 15) is 0 Å². The monoisotopic (exact) mass is 204 g/mol. The third-order valence-corrected chi connectivity index (χ3v) is 2.50. The summed E-state index contributed by atoms with van der Waals surface area (Å²) in [5, 5.41) is 7.58. The van der Waals surface area contributed by atoms with E-state index in [1.807, 2.05) is 24.4 Å². The van der Waals surface area contributed by atoms with Gasteiger partial charge in [0.25, 0.3) is 0 Å². The van der Waals surface area contributed by atoms with Crippen molar-refractivity contribution in [2.75, 3.05) is 18.5 Å². The molecule has 1 aliphatic rings. The van der Waals surface area contributed by atoms with Crippen molar-refractivity contribution in [1.82, 2.24) is 14.6 Å². The van der Waals surface area contributed by atoms with Crippen molar-refractivity contribution >= 4 is 11.6 Å². The molecule has 0 aliphatic carbocycles. The minimum atomic E-state index is 0.349. The van der Waals surface area contributed by atoms with Gasteiger partial charge in [-0.2, -0.15) is 4.98 Å². The lowest BCUT2D eigenvalue weighted by Gasteiger charge is -2.06. The van der Waals surface area contributed by atoms with Crippen LogP contribution in [0.4, 0.5) is 5.95 Å². The van der Waals surface area contributed by atoms with Gasteiger partial charge in [-0.15, -0.1) is 5.10 Å². The van der Waals surface area contributed by atoms with Crippen LogP contribution < -0.4 is 5.32 Å². The fourth-order valence-corrected chi connectivity index (χ4v) is 1.72.